The summed E-state index contributed by atoms with van der Waals surface area (Å²) in [6.45, 7) is 2.93. The normalized spacial score (nSPS) is 40.1. The highest BCUT2D eigenvalue weighted by atomic mass is 16.3. The van der Waals surface area contributed by atoms with Gasteiger partial charge in [-0.05, 0) is 44.4 Å². The largest absolute Gasteiger partial charge is 0.396 e. The predicted molar refractivity (Wildman–Crippen MR) is 70.9 cm³/mol. The van der Waals surface area contributed by atoms with Crippen LogP contribution >= 0.6 is 0 Å². The van der Waals surface area contributed by atoms with E-state index in [-0.39, 0.29) is 24.0 Å². The van der Waals surface area contributed by atoms with Crippen molar-refractivity contribution in [3.63, 3.8) is 0 Å². The van der Waals surface area contributed by atoms with E-state index in [1.807, 2.05) is 6.92 Å². The third kappa shape index (κ3) is 2.54. The van der Waals surface area contributed by atoms with Gasteiger partial charge in [-0.15, -0.1) is 0 Å². The summed E-state index contributed by atoms with van der Waals surface area (Å²) >= 11 is 0. The monoisotopic (exact) mass is 254 g/mol. The Morgan fingerprint density at radius 2 is 2.06 bits per heavy atom. The molecule has 4 N–H and O–H groups in total. The van der Waals surface area contributed by atoms with Crippen LogP contribution in [0.25, 0.3) is 0 Å². The van der Waals surface area contributed by atoms with Gasteiger partial charge in [0, 0.05) is 19.2 Å². The lowest BCUT2D eigenvalue weighted by atomic mass is 9.84. The molecule has 4 heteroatoms. The topological polar surface area (TPSA) is 75.3 Å². The van der Waals surface area contributed by atoms with Gasteiger partial charge in [0.25, 0.3) is 0 Å². The summed E-state index contributed by atoms with van der Waals surface area (Å²) in [5.74, 6) is 0.923. The van der Waals surface area contributed by atoms with E-state index < -0.39 is 0 Å². The van der Waals surface area contributed by atoms with Crippen LogP contribution in [-0.4, -0.2) is 30.2 Å². The van der Waals surface area contributed by atoms with Gasteiger partial charge in [-0.1, -0.05) is 12.8 Å². The van der Waals surface area contributed by atoms with Crippen molar-refractivity contribution in [1.82, 2.24) is 5.32 Å². The Hall–Kier alpha value is -0.610. The number of carbonyl (C=O) groups excluding carboxylic acids is 1. The molecule has 2 aliphatic rings. The number of nitrogens with two attached hydrogens (primary N) is 1. The van der Waals surface area contributed by atoms with E-state index in [0.717, 1.165) is 32.1 Å². The summed E-state index contributed by atoms with van der Waals surface area (Å²) in [5.41, 5.74) is 5.67. The molecule has 0 radical (unpaired) electrons. The molecule has 0 aromatic rings. The molecule has 0 aromatic heterocycles. The average molecular weight is 254 g/mol. The van der Waals surface area contributed by atoms with Gasteiger partial charge in [0.1, 0.15) is 0 Å². The molecule has 2 aliphatic carbocycles. The summed E-state index contributed by atoms with van der Waals surface area (Å²) in [6.07, 6.45) is 6.28. The predicted octanol–water partition coefficient (Wildman–Crippen LogP) is 1.03. The zero-order chi connectivity index (χ0) is 13.2. The van der Waals surface area contributed by atoms with E-state index in [2.05, 4.69) is 5.32 Å². The molecule has 2 saturated carbocycles. The first kappa shape index (κ1) is 13.8. The highest BCUT2D eigenvalue weighted by molar-refractivity contribution is 5.83. The zero-order valence-corrected chi connectivity index (χ0v) is 11.3. The minimum absolute atomic E-state index is 0.00489. The van der Waals surface area contributed by atoms with Crippen molar-refractivity contribution in [3.8, 4) is 0 Å². The first-order valence-electron chi connectivity index (χ1n) is 7.22. The molecule has 0 heterocycles. The smallest absolute Gasteiger partial charge is 0.227 e. The van der Waals surface area contributed by atoms with E-state index in [1.54, 1.807) is 0 Å². The molecule has 0 saturated heterocycles. The quantitative estimate of drug-likeness (QED) is 0.701. The lowest BCUT2D eigenvalue weighted by Crippen LogP contribution is -2.48. The van der Waals surface area contributed by atoms with Gasteiger partial charge >= 0.3 is 0 Å². The summed E-state index contributed by atoms with van der Waals surface area (Å²) in [7, 11) is 0. The van der Waals surface area contributed by atoms with Gasteiger partial charge in [0.05, 0.1) is 5.41 Å². The van der Waals surface area contributed by atoms with Crippen molar-refractivity contribution in [3.05, 3.63) is 0 Å². The molecule has 2 rings (SSSR count). The number of amides is 1. The molecular weight excluding hydrogens is 228 g/mol. The minimum Gasteiger partial charge on any atom is -0.396 e. The standard InChI is InChI=1S/C14H26N2O2/c1-14(7-3-6-12(14)15)13(18)16-8-10-4-2-5-11(10)9-17/h10-12,17H,2-9,15H2,1H3,(H,16,18). The van der Waals surface area contributed by atoms with Crippen molar-refractivity contribution < 1.29 is 9.90 Å². The van der Waals surface area contributed by atoms with Gasteiger partial charge in [-0.2, -0.15) is 0 Å². The van der Waals surface area contributed by atoms with Crippen LogP contribution in [0.2, 0.25) is 0 Å². The van der Waals surface area contributed by atoms with E-state index in [1.165, 1.54) is 6.42 Å². The fourth-order valence-electron chi connectivity index (χ4n) is 3.52. The Kier molecular flexibility index (Phi) is 4.28. The third-order valence-electron chi connectivity index (χ3n) is 5.12. The van der Waals surface area contributed by atoms with Crippen LogP contribution in [0, 0.1) is 17.3 Å². The summed E-state index contributed by atoms with van der Waals surface area (Å²) in [6, 6.07) is -0.00489. The molecular formula is C14H26N2O2. The van der Waals surface area contributed by atoms with E-state index in [9.17, 15) is 9.90 Å². The highest BCUT2D eigenvalue weighted by Crippen LogP contribution is 2.37. The van der Waals surface area contributed by atoms with Crippen LogP contribution in [0.5, 0.6) is 0 Å². The summed E-state index contributed by atoms with van der Waals surface area (Å²) in [5, 5.41) is 12.3. The second-order valence-electron chi connectivity index (χ2n) is 6.26. The van der Waals surface area contributed by atoms with Crippen LogP contribution in [0.3, 0.4) is 0 Å². The maximum atomic E-state index is 12.3. The molecule has 4 unspecified atom stereocenters. The van der Waals surface area contributed by atoms with E-state index in [4.69, 9.17) is 5.73 Å². The fraction of sp³-hybridized carbons (Fsp3) is 0.929. The van der Waals surface area contributed by atoms with Gasteiger partial charge in [0.15, 0.2) is 0 Å². The van der Waals surface area contributed by atoms with Crippen molar-refractivity contribution >= 4 is 5.91 Å². The molecule has 18 heavy (non-hydrogen) atoms. The van der Waals surface area contributed by atoms with Crippen molar-refractivity contribution in [2.24, 2.45) is 23.0 Å². The Bertz CT molecular complexity index is 308. The van der Waals surface area contributed by atoms with Crippen LogP contribution in [0.4, 0.5) is 0 Å². The van der Waals surface area contributed by atoms with Crippen LogP contribution in [0.1, 0.15) is 45.4 Å². The Morgan fingerprint density at radius 1 is 1.33 bits per heavy atom. The van der Waals surface area contributed by atoms with Crippen LogP contribution in [0.15, 0.2) is 0 Å². The van der Waals surface area contributed by atoms with Crippen molar-refractivity contribution in [2.45, 2.75) is 51.5 Å². The molecule has 0 bridgehead atoms. The molecule has 0 aromatic carbocycles. The maximum absolute atomic E-state index is 12.3. The SMILES string of the molecule is CC1(C(=O)NCC2CCCC2CO)CCCC1N. The van der Waals surface area contributed by atoms with Crippen molar-refractivity contribution in [2.75, 3.05) is 13.2 Å². The molecule has 4 atom stereocenters. The number of hydrogen-bond donors (Lipinski definition) is 3. The number of aliphatic hydroxyl groups is 1. The highest BCUT2D eigenvalue weighted by Gasteiger charge is 2.43. The van der Waals surface area contributed by atoms with Gasteiger partial charge in [0.2, 0.25) is 5.91 Å². The van der Waals surface area contributed by atoms with Gasteiger partial charge in [-0.25, -0.2) is 0 Å². The lowest BCUT2D eigenvalue weighted by Gasteiger charge is -2.29. The summed E-state index contributed by atoms with van der Waals surface area (Å²) in [4.78, 5) is 12.3. The fourth-order valence-corrected chi connectivity index (χ4v) is 3.52. The van der Waals surface area contributed by atoms with Crippen LogP contribution in [-0.2, 0) is 4.79 Å². The number of aliphatic hydroxyl groups excluding tert-OH is 1. The number of nitrogens with one attached hydrogen (secondary N) is 1. The molecule has 4 nitrogen and oxygen atoms in total. The minimum atomic E-state index is -0.382. The Labute approximate surface area is 109 Å². The van der Waals surface area contributed by atoms with Gasteiger partial charge in [-0.3, -0.25) is 4.79 Å². The summed E-state index contributed by atoms with van der Waals surface area (Å²) < 4.78 is 0. The van der Waals surface area contributed by atoms with E-state index in [0.29, 0.717) is 18.4 Å². The van der Waals surface area contributed by atoms with E-state index >= 15 is 0 Å². The Balaban J connectivity index is 1.84. The van der Waals surface area contributed by atoms with Crippen molar-refractivity contribution in [1.29, 1.82) is 0 Å². The first-order chi connectivity index (χ1) is 8.58. The number of hydrogen-bond acceptors (Lipinski definition) is 3. The lowest BCUT2D eigenvalue weighted by molar-refractivity contribution is -0.130. The average Bonchev–Trinajstić information content (AvgIpc) is 2.94. The molecule has 104 valence electrons. The van der Waals surface area contributed by atoms with Crippen LogP contribution < -0.4 is 11.1 Å². The zero-order valence-electron chi connectivity index (χ0n) is 11.3. The number of carbonyl (C=O) groups is 1. The second-order valence-corrected chi connectivity index (χ2v) is 6.26. The molecule has 0 spiro atoms. The first-order valence-corrected chi connectivity index (χ1v) is 7.22. The molecule has 0 aliphatic heterocycles. The number of rotatable bonds is 4. The molecule has 2 fully saturated rings. The maximum Gasteiger partial charge on any atom is 0.227 e. The Morgan fingerprint density at radius 3 is 2.67 bits per heavy atom. The molecule has 1 amide bonds. The third-order valence-corrected chi connectivity index (χ3v) is 5.12. The van der Waals surface area contributed by atoms with Gasteiger partial charge < -0.3 is 16.2 Å². The second kappa shape index (κ2) is 5.57.